The van der Waals surface area contributed by atoms with Gasteiger partial charge < -0.3 is 20.1 Å². The van der Waals surface area contributed by atoms with Crippen molar-refractivity contribution >= 4 is 38.9 Å². The number of amides is 2. The minimum atomic E-state index is -4.14. The smallest absolute Gasteiger partial charge is 0.264 e. The monoisotopic (exact) mass is 483 g/mol. The van der Waals surface area contributed by atoms with Gasteiger partial charge in [0.2, 0.25) is 11.8 Å². The molecular formula is C24H25N3O6S. The van der Waals surface area contributed by atoms with Crippen LogP contribution in [0.3, 0.4) is 0 Å². The van der Waals surface area contributed by atoms with E-state index in [-0.39, 0.29) is 16.5 Å². The maximum absolute atomic E-state index is 13.6. The van der Waals surface area contributed by atoms with Crippen molar-refractivity contribution in [3.05, 3.63) is 72.8 Å². The van der Waals surface area contributed by atoms with Crippen molar-refractivity contribution in [3.8, 4) is 11.5 Å². The van der Waals surface area contributed by atoms with Gasteiger partial charge in [0.05, 0.1) is 24.8 Å². The summed E-state index contributed by atoms with van der Waals surface area (Å²) in [5, 5.41) is 5.31. The Morgan fingerprint density at radius 2 is 1.50 bits per heavy atom. The third kappa shape index (κ3) is 5.84. The number of hydrogen-bond acceptors (Lipinski definition) is 6. The molecule has 3 rings (SSSR count). The first-order chi connectivity index (χ1) is 16.2. The number of nitrogens with one attached hydrogen (secondary N) is 2. The number of anilines is 3. The van der Waals surface area contributed by atoms with E-state index in [0.29, 0.717) is 22.9 Å². The number of methoxy groups -OCH3 is 2. The number of hydrogen-bond donors (Lipinski definition) is 2. The Bertz CT molecular complexity index is 1280. The van der Waals surface area contributed by atoms with Crippen molar-refractivity contribution in [3.63, 3.8) is 0 Å². The first-order valence-corrected chi connectivity index (χ1v) is 11.7. The zero-order valence-electron chi connectivity index (χ0n) is 18.9. The number of para-hydroxylation sites is 2. The lowest BCUT2D eigenvalue weighted by atomic mass is 10.2. The topological polar surface area (TPSA) is 114 Å². The van der Waals surface area contributed by atoms with Crippen LogP contribution in [0.4, 0.5) is 17.1 Å². The summed E-state index contributed by atoms with van der Waals surface area (Å²) in [6.07, 6.45) is 0. The van der Waals surface area contributed by atoms with Gasteiger partial charge in [-0.25, -0.2) is 8.42 Å². The molecule has 0 unspecified atom stereocenters. The Kier molecular flexibility index (Phi) is 7.75. The Labute approximate surface area is 198 Å². The molecule has 0 bridgehead atoms. The molecule has 0 spiro atoms. The fraction of sp³-hybridized carbons (Fsp3) is 0.167. The zero-order chi connectivity index (χ0) is 24.7. The van der Waals surface area contributed by atoms with Crippen molar-refractivity contribution in [2.24, 2.45) is 0 Å². The summed E-state index contributed by atoms with van der Waals surface area (Å²) in [5.41, 5.74) is 1.11. The molecule has 0 aliphatic heterocycles. The number of sulfonamides is 1. The van der Waals surface area contributed by atoms with Gasteiger partial charge in [-0.1, -0.05) is 18.2 Å². The molecule has 3 aromatic carbocycles. The number of nitrogens with zero attached hydrogens (tertiary/aromatic N) is 1. The zero-order valence-corrected chi connectivity index (χ0v) is 19.8. The van der Waals surface area contributed by atoms with Gasteiger partial charge in [-0.3, -0.25) is 13.9 Å². The third-order valence-electron chi connectivity index (χ3n) is 4.76. The second-order valence-corrected chi connectivity index (χ2v) is 9.03. The highest BCUT2D eigenvalue weighted by Gasteiger charge is 2.29. The van der Waals surface area contributed by atoms with Crippen LogP contribution in [0, 0.1) is 0 Å². The molecule has 0 aliphatic rings. The van der Waals surface area contributed by atoms with Gasteiger partial charge in [-0.2, -0.15) is 0 Å². The molecule has 10 heteroatoms. The molecule has 0 atom stereocenters. The molecule has 178 valence electrons. The van der Waals surface area contributed by atoms with Crippen molar-refractivity contribution in [1.29, 1.82) is 0 Å². The molecule has 0 aromatic heterocycles. The standard InChI is InChI=1S/C24H25N3O6S/c1-17(28)25-18-7-6-8-19(15-18)26-24(29)16-27(22-9-4-5-10-23(22)33-3)34(30,31)21-13-11-20(32-2)12-14-21/h4-15H,16H2,1-3H3,(H,25,28)(H,26,29). The van der Waals surface area contributed by atoms with E-state index in [1.54, 1.807) is 48.5 Å². The predicted octanol–water partition coefficient (Wildman–Crippen LogP) is 3.50. The average Bonchev–Trinajstić information content (AvgIpc) is 2.82. The van der Waals surface area contributed by atoms with Crippen molar-refractivity contribution in [2.45, 2.75) is 11.8 Å². The van der Waals surface area contributed by atoms with Gasteiger partial charge in [-0.05, 0) is 54.6 Å². The highest BCUT2D eigenvalue weighted by atomic mass is 32.2. The van der Waals surface area contributed by atoms with E-state index in [0.717, 1.165) is 4.31 Å². The summed E-state index contributed by atoms with van der Waals surface area (Å²) in [4.78, 5) is 24.2. The van der Waals surface area contributed by atoms with Gasteiger partial charge >= 0.3 is 0 Å². The lowest BCUT2D eigenvalue weighted by molar-refractivity contribution is -0.115. The lowest BCUT2D eigenvalue weighted by Crippen LogP contribution is -2.38. The highest BCUT2D eigenvalue weighted by molar-refractivity contribution is 7.92. The van der Waals surface area contributed by atoms with Crippen LogP contribution < -0.4 is 24.4 Å². The highest BCUT2D eigenvalue weighted by Crippen LogP contribution is 2.32. The molecule has 0 saturated heterocycles. The van der Waals surface area contributed by atoms with E-state index in [1.165, 1.54) is 45.4 Å². The van der Waals surface area contributed by atoms with Crippen LogP contribution in [0.15, 0.2) is 77.7 Å². The number of benzene rings is 3. The van der Waals surface area contributed by atoms with E-state index < -0.39 is 22.5 Å². The van der Waals surface area contributed by atoms with Gasteiger partial charge in [0.15, 0.2) is 0 Å². The van der Waals surface area contributed by atoms with Crippen LogP contribution in [0.5, 0.6) is 11.5 Å². The Hall–Kier alpha value is -4.05. The van der Waals surface area contributed by atoms with Crippen LogP contribution in [-0.4, -0.2) is 41.0 Å². The normalized spacial score (nSPS) is 10.8. The summed E-state index contributed by atoms with van der Waals surface area (Å²) in [6.45, 7) is 0.861. The molecule has 9 nitrogen and oxygen atoms in total. The van der Waals surface area contributed by atoms with E-state index in [9.17, 15) is 18.0 Å². The molecule has 34 heavy (non-hydrogen) atoms. The molecule has 0 aliphatic carbocycles. The number of carbonyl (C=O) groups excluding carboxylic acids is 2. The summed E-state index contributed by atoms with van der Waals surface area (Å²) in [6, 6.07) is 18.9. The lowest BCUT2D eigenvalue weighted by Gasteiger charge is -2.25. The van der Waals surface area contributed by atoms with Gasteiger partial charge in [0, 0.05) is 18.3 Å². The van der Waals surface area contributed by atoms with Gasteiger partial charge in [-0.15, -0.1) is 0 Å². The van der Waals surface area contributed by atoms with Gasteiger partial charge in [0.25, 0.3) is 10.0 Å². The molecule has 0 fully saturated rings. The summed E-state index contributed by atoms with van der Waals surface area (Å²) >= 11 is 0. The fourth-order valence-electron chi connectivity index (χ4n) is 3.22. The summed E-state index contributed by atoms with van der Waals surface area (Å²) in [7, 11) is -1.24. The van der Waals surface area contributed by atoms with E-state index in [2.05, 4.69) is 10.6 Å². The van der Waals surface area contributed by atoms with Crippen molar-refractivity contribution in [2.75, 3.05) is 35.7 Å². The van der Waals surface area contributed by atoms with Gasteiger partial charge in [0.1, 0.15) is 18.0 Å². The van der Waals surface area contributed by atoms with E-state index >= 15 is 0 Å². The summed E-state index contributed by atoms with van der Waals surface area (Å²) in [5.74, 6) is -0.0426. The van der Waals surface area contributed by atoms with Crippen LogP contribution in [0.25, 0.3) is 0 Å². The van der Waals surface area contributed by atoms with Crippen LogP contribution in [-0.2, 0) is 19.6 Å². The molecule has 2 amide bonds. The SMILES string of the molecule is COc1ccc(S(=O)(=O)N(CC(=O)Nc2cccc(NC(C)=O)c2)c2ccccc2OC)cc1. The largest absolute Gasteiger partial charge is 0.497 e. The maximum Gasteiger partial charge on any atom is 0.264 e. The fourth-order valence-corrected chi connectivity index (χ4v) is 4.65. The second kappa shape index (κ2) is 10.7. The second-order valence-electron chi connectivity index (χ2n) is 7.17. The Morgan fingerprint density at radius 3 is 2.12 bits per heavy atom. The van der Waals surface area contributed by atoms with E-state index in [4.69, 9.17) is 9.47 Å². The van der Waals surface area contributed by atoms with Crippen LogP contribution in [0.2, 0.25) is 0 Å². The molecule has 0 saturated carbocycles. The molecule has 3 aromatic rings. The minimum absolute atomic E-state index is 0.0142. The first kappa shape index (κ1) is 24.6. The molecular weight excluding hydrogens is 458 g/mol. The molecule has 0 heterocycles. The molecule has 2 N–H and O–H groups in total. The Balaban J connectivity index is 1.94. The minimum Gasteiger partial charge on any atom is -0.497 e. The van der Waals surface area contributed by atoms with Crippen molar-refractivity contribution < 1.29 is 27.5 Å². The summed E-state index contributed by atoms with van der Waals surface area (Å²) < 4.78 is 38.6. The number of ether oxygens (including phenoxy) is 2. The van der Waals surface area contributed by atoms with Crippen LogP contribution >= 0.6 is 0 Å². The molecule has 0 radical (unpaired) electrons. The Morgan fingerprint density at radius 1 is 0.853 bits per heavy atom. The van der Waals surface area contributed by atoms with E-state index in [1.807, 2.05) is 0 Å². The predicted molar refractivity (Wildman–Crippen MR) is 130 cm³/mol. The quantitative estimate of drug-likeness (QED) is 0.482. The maximum atomic E-state index is 13.6. The number of rotatable bonds is 9. The third-order valence-corrected chi connectivity index (χ3v) is 6.53. The van der Waals surface area contributed by atoms with Crippen LogP contribution in [0.1, 0.15) is 6.92 Å². The first-order valence-electron chi connectivity index (χ1n) is 10.2. The average molecular weight is 484 g/mol. The van der Waals surface area contributed by atoms with Crippen molar-refractivity contribution in [1.82, 2.24) is 0 Å². The number of carbonyl (C=O) groups is 2.